The number of piperidine rings is 1. The van der Waals surface area contributed by atoms with Gasteiger partial charge in [-0.1, -0.05) is 6.92 Å². The zero-order valence-electron chi connectivity index (χ0n) is 13.4. The van der Waals surface area contributed by atoms with Crippen LogP contribution in [-0.2, 0) is 4.79 Å². The van der Waals surface area contributed by atoms with E-state index < -0.39 is 11.6 Å². The molecule has 1 saturated heterocycles. The van der Waals surface area contributed by atoms with Crippen molar-refractivity contribution in [2.24, 2.45) is 5.92 Å². The summed E-state index contributed by atoms with van der Waals surface area (Å²) in [5, 5.41) is 4.96. The van der Waals surface area contributed by atoms with E-state index in [0.717, 1.165) is 31.6 Å². The number of aromatic nitrogens is 1. The van der Waals surface area contributed by atoms with Crippen LogP contribution in [0, 0.1) is 17.6 Å². The number of carbonyl (C=O) groups excluding carboxylic acids is 1. The molecule has 2 aromatic rings. The van der Waals surface area contributed by atoms with Crippen molar-refractivity contribution in [1.82, 2.24) is 9.88 Å². The molecule has 1 atom stereocenters. The molecule has 1 aliphatic heterocycles. The van der Waals surface area contributed by atoms with E-state index in [-0.39, 0.29) is 5.91 Å². The lowest BCUT2D eigenvalue weighted by Gasteiger charge is -2.29. The summed E-state index contributed by atoms with van der Waals surface area (Å²) >= 11 is 1.27. The highest BCUT2D eigenvalue weighted by atomic mass is 32.1. The van der Waals surface area contributed by atoms with Crippen molar-refractivity contribution >= 4 is 22.4 Å². The third-order valence-electron chi connectivity index (χ3n) is 4.07. The lowest BCUT2D eigenvalue weighted by Crippen LogP contribution is -2.39. The fraction of sp³-hybridized carbons (Fsp3) is 0.412. The standard InChI is InChI=1S/C17H19F2N3OS/c1-11-3-2-6-22(8-11)9-16(23)21-17-20-15(10-24-17)12-4-5-13(18)14(19)7-12/h4-5,7,10-11H,2-3,6,8-9H2,1H3,(H,20,21,23)/t11-/m1/s1. The third-order valence-corrected chi connectivity index (χ3v) is 4.83. The zero-order chi connectivity index (χ0) is 17.1. The summed E-state index contributed by atoms with van der Waals surface area (Å²) in [6, 6.07) is 3.64. The minimum absolute atomic E-state index is 0.102. The first-order chi connectivity index (χ1) is 11.5. The Bertz CT molecular complexity index is 734. The number of halogens is 2. The molecule has 4 nitrogen and oxygen atoms in total. The van der Waals surface area contributed by atoms with E-state index in [9.17, 15) is 13.6 Å². The number of hydrogen-bond donors (Lipinski definition) is 1. The number of amides is 1. The maximum atomic E-state index is 13.3. The fourth-order valence-corrected chi connectivity index (χ4v) is 3.65. The second-order valence-electron chi connectivity index (χ2n) is 6.20. The molecule has 1 aliphatic rings. The Labute approximate surface area is 143 Å². The van der Waals surface area contributed by atoms with Crippen molar-refractivity contribution in [1.29, 1.82) is 0 Å². The summed E-state index contributed by atoms with van der Waals surface area (Å²) in [4.78, 5) is 18.6. The number of rotatable bonds is 4. The number of nitrogens with zero attached hydrogens (tertiary/aromatic N) is 2. The second-order valence-corrected chi connectivity index (χ2v) is 7.06. The van der Waals surface area contributed by atoms with E-state index in [0.29, 0.717) is 28.9 Å². The molecule has 7 heteroatoms. The number of carbonyl (C=O) groups is 1. The Balaban J connectivity index is 1.61. The molecular weight excluding hydrogens is 332 g/mol. The van der Waals surface area contributed by atoms with Crippen LogP contribution in [0.15, 0.2) is 23.6 Å². The molecule has 1 aromatic carbocycles. The van der Waals surface area contributed by atoms with Gasteiger partial charge in [0.25, 0.3) is 0 Å². The predicted octanol–water partition coefficient (Wildman–Crippen LogP) is 3.76. The molecule has 1 fully saturated rings. The number of anilines is 1. The largest absolute Gasteiger partial charge is 0.301 e. The molecule has 0 aliphatic carbocycles. The summed E-state index contributed by atoms with van der Waals surface area (Å²) in [7, 11) is 0. The van der Waals surface area contributed by atoms with Crippen LogP contribution in [-0.4, -0.2) is 35.4 Å². The average molecular weight is 351 g/mol. The lowest BCUT2D eigenvalue weighted by molar-refractivity contribution is -0.117. The summed E-state index contributed by atoms with van der Waals surface area (Å²) in [6.45, 7) is 4.42. The van der Waals surface area contributed by atoms with E-state index in [4.69, 9.17) is 0 Å². The summed E-state index contributed by atoms with van der Waals surface area (Å²) in [5.41, 5.74) is 0.997. The van der Waals surface area contributed by atoms with Crippen LogP contribution in [0.1, 0.15) is 19.8 Å². The van der Waals surface area contributed by atoms with E-state index in [1.165, 1.54) is 23.8 Å². The van der Waals surface area contributed by atoms with E-state index in [2.05, 4.69) is 22.1 Å². The average Bonchev–Trinajstić information content (AvgIpc) is 2.98. The highest BCUT2D eigenvalue weighted by Crippen LogP contribution is 2.26. The maximum Gasteiger partial charge on any atom is 0.240 e. The van der Waals surface area contributed by atoms with Gasteiger partial charge in [-0.25, -0.2) is 13.8 Å². The normalized spacial score (nSPS) is 18.5. The third kappa shape index (κ3) is 4.15. The van der Waals surface area contributed by atoms with Gasteiger partial charge in [0.15, 0.2) is 16.8 Å². The first-order valence-electron chi connectivity index (χ1n) is 7.94. The quantitative estimate of drug-likeness (QED) is 0.912. The van der Waals surface area contributed by atoms with E-state index in [1.54, 1.807) is 5.38 Å². The molecule has 1 aromatic heterocycles. The smallest absolute Gasteiger partial charge is 0.240 e. The Kier molecular flexibility index (Phi) is 5.20. The number of hydrogen-bond acceptors (Lipinski definition) is 4. The molecule has 0 bridgehead atoms. The molecule has 0 saturated carbocycles. The number of benzene rings is 1. The predicted molar refractivity (Wildman–Crippen MR) is 90.9 cm³/mol. The Hall–Kier alpha value is -1.86. The highest BCUT2D eigenvalue weighted by Gasteiger charge is 2.19. The van der Waals surface area contributed by atoms with Crippen LogP contribution in [0.25, 0.3) is 11.3 Å². The van der Waals surface area contributed by atoms with Gasteiger partial charge in [-0.3, -0.25) is 9.69 Å². The van der Waals surface area contributed by atoms with Gasteiger partial charge in [0.05, 0.1) is 12.2 Å². The molecule has 24 heavy (non-hydrogen) atoms. The minimum Gasteiger partial charge on any atom is -0.301 e. The molecule has 0 spiro atoms. The molecule has 1 N–H and O–H groups in total. The zero-order valence-corrected chi connectivity index (χ0v) is 14.2. The van der Waals surface area contributed by atoms with Crippen LogP contribution >= 0.6 is 11.3 Å². The first-order valence-corrected chi connectivity index (χ1v) is 8.82. The molecule has 128 valence electrons. The number of likely N-dealkylation sites (tertiary alicyclic amines) is 1. The highest BCUT2D eigenvalue weighted by molar-refractivity contribution is 7.14. The molecule has 2 heterocycles. The monoisotopic (exact) mass is 351 g/mol. The van der Waals surface area contributed by atoms with Crippen LogP contribution < -0.4 is 5.32 Å². The van der Waals surface area contributed by atoms with Gasteiger partial charge in [-0.2, -0.15) is 0 Å². The van der Waals surface area contributed by atoms with Crippen molar-refractivity contribution in [3.8, 4) is 11.3 Å². The van der Waals surface area contributed by atoms with Gasteiger partial charge in [-0.05, 0) is 43.5 Å². The van der Waals surface area contributed by atoms with Crippen LogP contribution in [0.2, 0.25) is 0 Å². The molecule has 3 rings (SSSR count). The van der Waals surface area contributed by atoms with Gasteiger partial charge in [0.1, 0.15) is 0 Å². The van der Waals surface area contributed by atoms with Crippen molar-refractivity contribution in [3.05, 3.63) is 35.2 Å². The van der Waals surface area contributed by atoms with Gasteiger partial charge < -0.3 is 5.32 Å². The van der Waals surface area contributed by atoms with Gasteiger partial charge >= 0.3 is 0 Å². The van der Waals surface area contributed by atoms with Gasteiger partial charge in [0.2, 0.25) is 5.91 Å². The second kappa shape index (κ2) is 7.36. The van der Waals surface area contributed by atoms with Crippen molar-refractivity contribution in [3.63, 3.8) is 0 Å². The molecule has 1 amide bonds. The molecule has 0 radical (unpaired) electrons. The Morgan fingerprint density at radius 3 is 3.00 bits per heavy atom. The minimum atomic E-state index is -0.912. The van der Waals surface area contributed by atoms with Gasteiger partial charge in [-0.15, -0.1) is 11.3 Å². The van der Waals surface area contributed by atoms with Crippen molar-refractivity contribution in [2.45, 2.75) is 19.8 Å². The fourth-order valence-electron chi connectivity index (χ4n) is 2.91. The summed E-state index contributed by atoms with van der Waals surface area (Å²) < 4.78 is 26.3. The van der Waals surface area contributed by atoms with Gasteiger partial charge in [0, 0.05) is 17.5 Å². The number of thiazole rings is 1. The first kappa shape index (κ1) is 17.0. The van der Waals surface area contributed by atoms with Crippen molar-refractivity contribution in [2.75, 3.05) is 25.0 Å². The van der Waals surface area contributed by atoms with E-state index in [1.807, 2.05) is 0 Å². The lowest BCUT2D eigenvalue weighted by atomic mass is 10.0. The Morgan fingerprint density at radius 1 is 1.42 bits per heavy atom. The molecule has 0 unspecified atom stereocenters. The van der Waals surface area contributed by atoms with Crippen LogP contribution in [0.3, 0.4) is 0 Å². The summed E-state index contributed by atoms with van der Waals surface area (Å²) in [5.74, 6) is -1.29. The van der Waals surface area contributed by atoms with Crippen molar-refractivity contribution < 1.29 is 13.6 Å². The van der Waals surface area contributed by atoms with E-state index >= 15 is 0 Å². The Morgan fingerprint density at radius 2 is 2.25 bits per heavy atom. The molecular formula is C17H19F2N3OS. The van der Waals surface area contributed by atoms with Crippen LogP contribution in [0.5, 0.6) is 0 Å². The summed E-state index contributed by atoms with van der Waals surface area (Å²) in [6.07, 6.45) is 2.33. The van der Waals surface area contributed by atoms with Crippen LogP contribution in [0.4, 0.5) is 13.9 Å². The maximum absolute atomic E-state index is 13.3. The SMILES string of the molecule is C[C@@H]1CCCN(CC(=O)Nc2nc(-c3ccc(F)c(F)c3)cs2)C1. The topological polar surface area (TPSA) is 45.2 Å². The number of nitrogens with one attached hydrogen (secondary N) is 1.